The molecule has 0 aromatic carbocycles. The molecule has 1 unspecified atom stereocenters. The maximum absolute atomic E-state index is 11.1. The van der Waals surface area contributed by atoms with Crippen molar-refractivity contribution in [2.24, 2.45) is 16.1 Å². The van der Waals surface area contributed by atoms with Crippen molar-refractivity contribution in [3.63, 3.8) is 0 Å². The second-order valence-electron chi connectivity index (χ2n) is 4.02. The average Bonchev–Trinajstić information content (AvgIpc) is 1.97. The molecule has 2 amide bonds. The lowest BCUT2D eigenvalue weighted by atomic mass is 9.93. The number of aliphatic imine (C=N–C) groups is 1. The fraction of sp³-hybridized carbons (Fsp3) is 0.625. The first-order valence-corrected chi connectivity index (χ1v) is 4.02. The van der Waals surface area contributed by atoms with Crippen LogP contribution in [0, 0.1) is 5.41 Å². The van der Waals surface area contributed by atoms with Gasteiger partial charge in [-0.2, -0.15) is 4.99 Å². The van der Waals surface area contributed by atoms with Gasteiger partial charge in [-0.25, -0.2) is 0 Å². The van der Waals surface area contributed by atoms with E-state index in [1.807, 2.05) is 20.8 Å². The summed E-state index contributed by atoms with van der Waals surface area (Å²) in [6, 6.07) is -1.15. The summed E-state index contributed by atoms with van der Waals surface area (Å²) >= 11 is 0. The van der Waals surface area contributed by atoms with Crippen LogP contribution in [0.15, 0.2) is 4.99 Å². The van der Waals surface area contributed by atoms with Crippen LogP contribution in [0.2, 0.25) is 0 Å². The molecule has 0 bridgehead atoms. The Labute approximate surface area is 76.4 Å². The van der Waals surface area contributed by atoms with Crippen LogP contribution < -0.4 is 11.1 Å². The number of amidine groups is 1. The number of nitrogens with one attached hydrogen (secondary N) is 1. The second-order valence-corrected chi connectivity index (χ2v) is 4.02. The highest BCUT2D eigenvalue weighted by Crippen LogP contribution is 2.16. The summed E-state index contributed by atoms with van der Waals surface area (Å²) in [7, 11) is 0. The Morgan fingerprint density at radius 1 is 1.38 bits per heavy atom. The van der Waals surface area contributed by atoms with Gasteiger partial charge in [-0.3, -0.25) is 9.59 Å². The normalized spacial score (nSPS) is 24.0. The van der Waals surface area contributed by atoms with Gasteiger partial charge in [-0.15, -0.1) is 0 Å². The molecule has 0 radical (unpaired) electrons. The predicted octanol–water partition coefficient (Wildman–Crippen LogP) is -0.585. The maximum Gasteiger partial charge on any atom is 0.274 e. The molecule has 72 valence electrons. The average molecular weight is 183 g/mol. The van der Waals surface area contributed by atoms with Gasteiger partial charge >= 0.3 is 0 Å². The van der Waals surface area contributed by atoms with Crippen LogP contribution in [-0.4, -0.2) is 23.7 Å². The molecule has 0 fully saturated rings. The van der Waals surface area contributed by atoms with E-state index in [4.69, 9.17) is 5.73 Å². The van der Waals surface area contributed by atoms with Gasteiger partial charge in [0.2, 0.25) is 0 Å². The largest absolute Gasteiger partial charge is 0.312 e. The van der Waals surface area contributed by atoms with Gasteiger partial charge in [0.1, 0.15) is 5.84 Å². The van der Waals surface area contributed by atoms with Crippen molar-refractivity contribution in [3.05, 3.63) is 0 Å². The maximum atomic E-state index is 11.1. The van der Waals surface area contributed by atoms with E-state index in [0.717, 1.165) is 0 Å². The van der Waals surface area contributed by atoms with Crippen molar-refractivity contribution >= 4 is 17.6 Å². The molecule has 0 saturated carbocycles. The molecule has 0 aromatic rings. The van der Waals surface area contributed by atoms with Crippen molar-refractivity contribution in [1.29, 1.82) is 0 Å². The van der Waals surface area contributed by atoms with E-state index in [0.29, 0.717) is 5.84 Å². The zero-order valence-corrected chi connectivity index (χ0v) is 7.92. The number of hydrogen-bond acceptors (Lipinski definition) is 3. The van der Waals surface area contributed by atoms with Gasteiger partial charge in [0.25, 0.3) is 11.8 Å². The highest BCUT2D eigenvalue weighted by Gasteiger charge is 2.32. The molecule has 1 rings (SSSR count). The number of carbonyl (C=O) groups excluding carboxylic acids is 2. The van der Waals surface area contributed by atoms with Gasteiger partial charge in [-0.05, 0) is 0 Å². The Hall–Kier alpha value is -1.23. The van der Waals surface area contributed by atoms with E-state index in [1.165, 1.54) is 0 Å². The monoisotopic (exact) mass is 183 g/mol. The topological polar surface area (TPSA) is 84.6 Å². The van der Waals surface area contributed by atoms with Crippen LogP contribution in [0.25, 0.3) is 0 Å². The first kappa shape index (κ1) is 9.85. The molecule has 1 aliphatic rings. The van der Waals surface area contributed by atoms with Crippen LogP contribution >= 0.6 is 0 Å². The Morgan fingerprint density at radius 3 is 2.31 bits per heavy atom. The van der Waals surface area contributed by atoms with Crippen molar-refractivity contribution in [2.75, 3.05) is 0 Å². The van der Waals surface area contributed by atoms with Crippen LogP contribution in [0.5, 0.6) is 0 Å². The van der Waals surface area contributed by atoms with Crippen LogP contribution in [0.3, 0.4) is 0 Å². The summed E-state index contributed by atoms with van der Waals surface area (Å²) in [6.45, 7) is 5.57. The minimum atomic E-state index is -1.15. The highest BCUT2D eigenvalue weighted by molar-refractivity contribution is 6.19. The second kappa shape index (κ2) is 2.92. The van der Waals surface area contributed by atoms with E-state index in [9.17, 15) is 9.59 Å². The molecular formula is C8H13N3O2. The standard InChI is InChI=1S/C8H13N3O2/c1-8(2,3)7-10-5(12)4(9)6(13)11-7/h4H,9H2,1-3H3,(H,10,11,12,13). The van der Waals surface area contributed by atoms with Crippen molar-refractivity contribution in [2.45, 2.75) is 26.8 Å². The van der Waals surface area contributed by atoms with Gasteiger partial charge in [-0.1, -0.05) is 20.8 Å². The zero-order chi connectivity index (χ0) is 10.2. The van der Waals surface area contributed by atoms with Crippen LogP contribution in [-0.2, 0) is 9.59 Å². The molecule has 13 heavy (non-hydrogen) atoms. The number of carbonyl (C=O) groups is 2. The lowest BCUT2D eigenvalue weighted by molar-refractivity contribution is -0.129. The molecule has 0 saturated heterocycles. The Bertz CT molecular complexity index is 288. The fourth-order valence-electron chi connectivity index (χ4n) is 0.869. The summed E-state index contributed by atoms with van der Waals surface area (Å²) < 4.78 is 0. The molecule has 1 aliphatic heterocycles. The third kappa shape index (κ3) is 1.92. The fourth-order valence-corrected chi connectivity index (χ4v) is 0.869. The molecule has 0 spiro atoms. The van der Waals surface area contributed by atoms with Gasteiger partial charge < -0.3 is 11.1 Å². The molecule has 5 heteroatoms. The molecule has 3 N–H and O–H groups in total. The van der Waals surface area contributed by atoms with Gasteiger partial charge in [0, 0.05) is 5.41 Å². The van der Waals surface area contributed by atoms with E-state index in [1.54, 1.807) is 0 Å². The molecule has 1 heterocycles. The molecule has 5 nitrogen and oxygen atoms in total. The summed E-state index contributed by atoms with van der Waals surface area (Å²) in [5.41, 5.74) is 4.92. The summed E-state index contributed by atoms with van der Waals surface area (Å²) in [4.78, 5) is 25.9. The van der Waals surface area contributed by atoms with Crippen molar-refractivity contribution < 1.29 is 9.59 Å². The van der Waals surface area contributed by atoms with E-state index >= 15 is 0 Å². The first-order chi connectivity index (χ1) is 5.82. The Kier molecular flexibility index (Phi) is 2.21. The quantitative estimate of drug-likeness (QED) is 0.492. The molecule has 1 atom stereocenters. The number of nitrogens with zero attached hydrogens (tertiary/aromatic N) is 1. The minimum Gasteiger partial charge on any atom is -0.312 e. The van der Waals surface area contributed by atoms with Crippen LogP contribution in [0.4, 0.5) is 0 Å². The van der Waals surface area contributed by atoms with Crippen LogP contribution in [0.1, 0.15) is 20.8 Å². The molecule has 0 aromatic heterocycles. The number of nitrogens with two attached hydrogens (primary N) is 1. The van der Waals surface area contributed by atoms with Gasteiger partial charge in [0.15, 0.2) is 6.04 Å². The first-order valence-electron chi connectivity index (χ1n) is 4.02. The Morgan fingerprint density at radius 2 is 1.92 bits per heavy atom. The SMILES string of the molecule is CC(C)(C)C1=NC(=O)C(N)C(=O)N1. The van der Waals surface area contributed by atoms with E-state index in [-0.39, 0.29) is 5.41 Å². The minimum absolute atomic E-state index is 0.342. The summed E-state index contributed by atoms with van der Waals surface area (Å²) in [6.07, 6.45) is 0. The highest BCUT2D eigenvalue weighted by atomic mass is 16.2. The summed E-state index contributed by atoms with van der Waals surface area (Å²) in [5.74, 6) is -0.678. The van der Waals surface area contributed by atoms with Crippen molar-refractivity contribution in [1.82, 2.24) is 5.32 Å². The van der Waals surface area contributed by atoms with E-state index in [2.05, 4.69) is 10.3 Å². The van der Waals surface area contributed by atoms with Gasteiger partial charge in [0.05, 0.1) is 0 Å². The number of hydrogen-bond donors (Lipinski definition) is 2. The third-order valence-corrected chi connectivity index (χ3v) is 1.72. The number of amides is 2. The molecule has 0 aliphatic carbocycles. The summed E-state index contributed by atoms with van der Waals surface area (Å²) in [5, 5.41) is 2.50. The lowest BCUT2D eigenvalue weighted by Gasteiger charge is -2.25. The van der Waals surface area contributed by atoms with E-state index < -0.39 is 17.9 Å². The predicted molar refractivity (Wildman–Crippen MR) is 48.0 cm³/mol. The lowest BCUT2D eigenvalue weighted by Crippen LogP contribution is -2.54. The molecular weight excluding hydrogens is 170 g/mol. The van der Waals surface area contributed by atoms with Crippen molar-refractivity contribution in [3.8, 4) is 0 Å². The Balaban J connectivity index is 2.99. The zero-order valence-electron chi connectivity index (χ0n) is 7.92. The number of rotatable bonds is 0. The smallest absolute Gasteiger partial charge is 0.274 e. The third-order valence-electron chi connectivity index (χ3n) is 1.72.